The molecular formula is C23H28N4O3. The van der Waals surface area contributed by atoms with E-state index < -0.39 is 0 Å². The minimum Gasteiger partial charge on any atom is -0.366 e. The third-order valence-corrected chi connectivity index (χ3v) is 7.00. The number of nitrogens with one attached hydrogen (secondary N) is 1. The number of ether oxygens (including phenoxy) is 1. The van der Waals surface area contributed by atoms with Crippen LogP contribution in [0.2, 0.25) is 0 Å². The first-order chi connectivity index (χ1) is 14.6. The highest BCUT2D eigenvalue weighted by molar-refractivity contribution is 5.81. The summed E-state index contributed by atoms with van der Waals surface area (Å²) >= 11 is 0. The quantitative estimate of drug-likeness (QED) is 0.816. The van der Waals surface area contributed by atoms with Crippen LogP contribution >= 0.6 is 0 Å². The number of piperidine rings is 1. The zero-order valence-corrected chi connectivity index (χ0v) is 17.4. The fraction of sp³-hybridized carbons (Fsp3) is 0.522. The molecule has 2 aliphatic heterocycles. The van der Waals surface area contributed by atoms with Crippen molar-refractivity contribution in [3.05, 3.63) is 51.9 Å². The molecule has 0 bridgehead atoms. The van der Waals surface area contributed by atoms with Crippen LogP contribution in [0.5, 0.6) is 0 Å². The molecule has 1 amide bonds. The predicted molar refractivity (Wildman–Crippen MR) is 113 cm³/mol. The molecule has 1 unspecified atom stereocenters. The Balaban J connectivity index is 1.37. The molecule has 2 aromatic rings. The lowest BCUT2D eigenvalue weighted by Crippen LogP contribution is -2.53. The minimum atomic E-state index is -0.362. The number of aromatic amines is 1. The molecule has 7 nitrogen and oxygen atoms in total. The normalized spacial score (nSPS) is 23.5. The zero-order valence-electron chi connectivity index (χ0n) is 17.4. The Hall–Kier alpha value is -2.51. The molecular weight excluding hydrogens is 380 g/mol. The van der Waals surface area contributed by atoms with Gasteiger partial charge in [0, 0.05) is 42.7 Å². The average molecular weight is 409 g/mol. The lowest BCUT2D eigenvalue weighted by Gasteiger charge is -2.41. The number of amides is 1. The molecule has 2 fully saturated rings. The Kier molecular flexibility index (Phi) is 4.95. The summed E-state index contributed by atoms with van der Waals surface area (Å²) in [6, 6.07) is 9.79. The van der Waals surface area contributed by atoms with Gasteiger partial charge in [0.15, 0.2) is 0 Å². The van der Waals surface area contributed by atoms with E-state index in [1.54, 1.807) is 0 Å². The van der Waals surface area contributed by atoms with Gasteiger partial charge in [-0.05, 0) is 32.7 Å². The van der Waals surface area contributed by atoms with Gasteiger partial charge in [0.25, 0.3) is 11.5 Å². The first-order valence-electron chi connectivity index (χ1n) is 10.8. The van der Waals surface area contributed by atoms with Gasteiger partial charge in [0.05, 0.1) is 12.3 Å². The van der Waals surface area contributed by atoms with Crippen molar-refractivity contribution in [2.45, 2.75) is 37.2 Å². The van der Waals surface area contributed by atoms with Gasteiger partial charge in [-0.2, -0.15) is 0 Å². The number of nitrogens with zero attached hydrogens (tertiary/aromatic N) is 3. The molecule has 1 N–H and O–H groups in total. The maximum absolute atomic E-state index is 12.9. The maximum atomic E-state index is 12.9. The standard InChI is InChI=1S/C23H28N4O3/c1-26-13-14-30-18(15-26)22(29)27-11-9-23(10-12-27)8-7-17-19(23)24-20(25-21(17)28)16-5-3-2-4-6-16/h2-6,18H,7-15H2,1H3,(H,24,25,28). The monoisotopic (exact) mass is 408 g/mol. The fourth-order valence-electron chi connectivity index (χ4n) is 5.16. The average Bonchev–Trinajstić information content (AvgIpc) is 3.13. The molecule has 1 spiro atoms. The molecule has 3 aliphatic rings. The SMILES string of the molecule is CN1CCOC(C(=O)N2CCC3(CCc4c3nc(-c3ccccc3)[nH]c4=O)CC2)C1. The number of hydrogen-bond donors (Lipinski definition) is 1. The summed E-state index contributed by atoms with van der Waals surface area (Å²) < 4.78 is 5.73. The van der Waals surface area contributed by atoms with Gasteiger partial charge in [-0.15, -0.1) is 0 Å². The molecule has 1 aromatic heterocycles. The van der Waals surface area contributed by atoms with E-state index in [2.05, 4.69) is 9.88 Å². The lowest BCUT2D eigenvalue weighted by atomic mass is 9.76. The van der Waals surface area contributed by atoms with Crippen LogP contribution in [-0.4, -0.2) is 71.6 Å². The van der Waals surface area contributed by atoms with Crippen molar-refractivity contribution in [2.75, 3.05) is 39.8 Å². The van der Waals surface area contributed by atoms with Crippen molar-refractivity contribution in [1.29, 1.82) is 0 Å². The number of likely N-dealkylation sites (tertiary alicyclic amines) is 1. The molecule has 3 heterocycles. The van der Waals surface area contributed by atoms with E-state index in [9.17, 15) is 9.59 Å². The first kappa shape index (κ1) is 19.5. The molecule has 1 atom stereocenters. The van der Waals surface area contributed by atoms with Crippen molar-refractivity contribution in [2.24, 2.45) is 0 Å². The lowest BCUT2D eigenvalue weighted by molar-refractivity contribution is -0.150. The van der Waals surface area contributed by atoms with Crippen molar-refractivity contribution >= 4 is 5.91 Å². The van der Waals surface area contributed by atoms with Crippen LogP contribution in [-0.2, 0) is 21.4 Å². The number of H-pyrrole nitrogens is 1. The summed E-state index contributed by atoms with van der Waals surface area (Å²) in [6.07, 6.45) is 3.02. The molecule has 0 saturated carbocycles. The predicted octanol–water partition coefficient (Wildman–Crippen LogP) is 1.57. The third-order valence-electron chi connectivity index (χ3n) is 7.00. The summed E-state index contributed by atoms with van der Waals surface area (Å²) in [5.41, 5.74) is 2.57. The van der Waals surface area contributed by atoms with Gasteiger partial charge >= 0.3 is 0 Å². The van der Waals surface area contributed by atoms with Gasteiger partial charge in [0.1, 0.15) is 11.9 Å². The number of fused-ring (bicyclic) bond motifs is 2. The number of carbonyl (C=O) groups excluding carboxylic acids is 1. The first-order valence-corrected chi connectivity index (χ1v) is 10.8. The van der Waals surface area contributed by atoms with Crippen LogP contribution in [0.1, 0.15) is 30.5 Å². The molecule has 2 saturated heterocycles. The summed E-state index contributed by atoms with van der Waals surface area (Å²) in [4.78, 5) is 37.7. The smallest absolute Gasteiger partial charge is 0.254 e. The van der Waals surface area contributed by atoms with Crippen molar-refractivity contribution in [3.63, 3.8) is 0 Å². The Morgan fingerprint density at radius 1 is 1.17 bits per heavy atom. The van der Waals surface area contributed by atoms with Gasteiger partial charge < -0.3 is 19.5 Å². The summed E-state index contributed by atoms with van der Waals surface area (Å²) in [7, 11) is 2.02. The van der Waals surface area contributed by atoms with E-state index in [4.69, 9.17) is 9.72 Å². The van der Waals surface area contributed by atoms with Crippen LogP contribution in [0, 0.1) is 0 Å². The number of carbonyl (C=O) groups is 1. The number of hydrogen-bond acceptors (Lipinski definition) is 5. The topological polar surface area (TPSA) is 78.5 Å². The molecule has 0 radical (unpaired) electrons. The van der Waals surface area contributed by atoms with Crippen LogP contribution in [0.15, 0.2) is 35.1 Å². The zero-order chi connectivity index (χ0) is 20.7. The van der Waals surface area contributed by atoms with Gasteiger partial charge in [-0.25, -0.2) is 4.98 Å². The van der Waals surface area contributed by atoms with E-state index in [1.807, 2.05) is 42.3 Å². The fourth-order valence-corrected chi connectivity index (χ4v) is 5.16. The third kappa shape index (κ3) is 3.36. The van der Waals surface area contributed by atoms with E-state index in [0.717, 1.165) is 49.0 Å². The second-order valence-electron chi connectivity index (χ2n) is 8.84. The largest absolute Gasteiger partial charge is 0.366 e. The van der Waals surface area contributed by atoms with E-state index in [0.29, 0.717) is 32.1 Å². The second-order valence-corrected chi connectivity index (χ2v) is 8.84. The van der Waals surface area contributed by atoms with Crippen molar-refractivity contribution in [3.8, 4) is 11.4 Å². The Bertz CT molecular complexity index is 995. The summed E-state index contributed by atoms with van der Waals surface area (Å²) in [6.45, 7) is 3.51. The highest BCUT2D eigenvalue weighted by atomic mass is 16.5. The van der Waals surface area contributed by atoms with Gasteiger partial charge in [-0.3, -0.25) is 9.59 Å². The molecule has 1 aromatic carbocycles. The molecule has 7 heteroatoms. The van der Waals surface area contributed by atoms with E-state index in [-0.39, 0.29) is 23.0 Å². The van der Waals surface area contributed by atoms with Gasteiger partial charge in [-0.1, -0.05) is 30.3 Å². The van der Waals surface area contributed by atoms with Gasteiger partial charge in [0.2, 0.25) is 0 Å². The van der Waals surface area contributed by atoms with Crippen LogP contribution in [0.3, 0.4) is 0 Å². The Labute approximate surface area is 176 Å². The Morgan fingerprint density at radius 3 is 2.67 bits per heavy atom. The molecule has 1 aliphatic carbocycles. The highest BCUT2D eigenvalue weighted by Crippen LogP contribution is 2.44. The van der Waals surface area contributed by atoms with Crippen molar-refractivity contribution < 1.29 is 9.53 Å². The Morgan fingerprint density at radius 2 is 1.93 bits per heavy atom. The van der Waals surface area contributed by atoms with E-state index in [1.165, 1.54) is 0 Å². The molecule has 30 heavy (non-hydrogen) atoms. The number of aromatic nitrogens is 2. The number of benzene rings is 1. The van der Waals surface area contributed by atoms with Crippen LogP contribution in [0.4, 0.5) is 0 Å². The summed E-state index contributed by atoms with van der Waals surface area (Å²) in [5.74, 6) is 0.733. The summed E-state index contributed by atoms with van der Waals surface area (Å²) in [5, 5.41) is 0. The maximum Gasteiger partial charge on any atom is 0.254 e. The minimum absolute atomic E-state index is 0.0205. The number of likely N-dealkylation sites (N-methyl/N-ethyl adjacent to an activating group) is 1. The number of morpholine rings is 1. The van der Waals surface area contributed by atoms with Crippen LogP contribution in [0.25, 0.3) is 11.4 Å². The highest BCUT2D eigenvalue weighted by Gasteiger charge is 2.45. The van der Waals surface area contributed by atoms with E-state index >= 15 is 0 Å². The molecule has 5 rings (SSSR count). The number of rotatable bonds is 2. The van der Waals surface area contributed by atoms with Crippen LogP contribution < -0.4 is 5.56 Å². The van der Waals surface area contributed by atoms with Crippen molar-refractivity contribution in [1.82, 2.24) is 19.8 Å². The molecule has 158 valence electrons. The second kappa shape index (κ2) is 7.63.